The lowest BCUT2D eigenvalue weighted by Crippen LogP contribution is -2.14. The van der Waals surface area contributed by atoms with Gasteiger partial charge in [-0.25, -0.2) is 0 Å². The summed E-state index contributed by atoms with van der Waals surface area (Å²) in [5, 5.41) is 3.89. The number of aromatic nitrogens is 1. The molecular formula is C17H15N3O. The van der Waals surface area contributed by atoms with Gasteiger partial charge in [0.05, 0.1) is 11.2 Å². The molecule has 0 aliphatic carbocycles. The van der Waals surface area contributed by atoms with Gasteiger partial charge >= 0.3 is 0 Å². The quantitative estimate of drug-likeness (QED) is 0.913. The summed E-state index contributed by atoms with van der Waals surface area (Å²) in [4.78, 5) is 20.9. The second-order valence-corrected chi connectivity index (χ2v) is 4.81. The van der Waals surface area contributed by atoms with E-state index in [1.165, 1.54) is 0 Å². The lowest BCUT2D eigenvalue weighted by molar-refractivity contribution is -0.112. The molecule has 0 atom stereocenters. The number of carbonyl (C=O) groups excluding carboxylic acids is 1. The van der Waals surface area contributed by atoms with Crippen molar-refractivity contribution in [3.63, 3.8) is 0 Å². The van der Waals surface area contributed by atoms with E-state index in [2.05, 4.69) is 15.3 Å². The number of benzene rings is 1. The van der Waals surface area contributed by atoms with Gasteiger partial charge in [0.25, 0.3) is 5.91 Å². The molecule has 1 aliphatic heterocycles. The van der Waals surface area contributed by atoms with Gasteiger partial charge < -0.3 is 5.32 Å². The van der Waals surface area contributed by atoms with Crippen LogP contribution < -0.4 is 5.32 Å². The number of rotatable bonds is 2. The normalized spacial score (nSPS) is 16.0. The molecule has 0 saturated heterocycles. The minimum absolute atomic E-state index is 0.209. The van der Waals surface area contributed by atoms with Gasteiger partial charge in [0.1, 0.15) is 5.70 Å². The molecule has 3 rings (SSSR count). The Bertz CT molecular complexity index is 810. The first kappa shape index (κ1) is 13.2. The number of allylic oxidation sites excluding steroid dienone is 3. The van der Waals surface area contributed by atoms with Crippen molar-refractivity contribution < 1.29 is 4.79 Å². The topological polar surface area (TPSA) is 54.4 Å². The van der Waals surface area contributed by atoms with Gasteiger partial charge in [-0.15, -0.1) is 0 Å². The van der Waals surface area contributed by atoms with Crippen LogP contribution in [0.4, 0.5) is 5.69 Å². The molecule has 0 spiro atoms. The van der Waals surface area contributed by atoms with Gasteiger partial charge in [0.2, 0.25) is 0 Å². The molecule has 1 N–H and O–H groups in total. The Labute approximate surface area is 122 Å². The van der Waals surface area contributed by atoms with Crippen LogP contribution in [0.15, 0.2) is 64.4 Å². The van der Waals surface area contributed by atoms with E-state index in [9.17, 15) is 4.79 Å². The fourth-order valence-corrected chi connectivity index (χ4v) is 2.37. The van der Waals surface area contributed by atoms with Crippen molar-refractivity contribution in [3.8, 4) is 0 Å². The van der Waals surface area contributed by atoms with E-state index in [1.807, 2.05) is 50.3 Å². The number of pyridine rings is 1. The molecule has 0 unspecified atom stereocenters. The summed E-state index contributed by atoms with van der Waals surface area (Å²) in [6.07, 6.45) is 5.37. The highest BCUT2D eigenvalue weighted by atomic mass is 16.2. The first-order chi connectivity index (χ1) is 10.2. The molecular weight excluding hydrogens is 262 g/mol. The van der Waals surface area contributed by atoms with Crippen LogP contribution in [0.1, 0.15) is 13.8 Å². The third-order valence-electron chi connectivity index (χ3n) is 3.53. The van der Waals surface area contributed by atoms with Crippen molar-refractivity contribution in [2.45, 2.75) is 13.8 Å². The van der Waals surface area contributed by atoms with Crippen LogP contribution in [-0.4, -0.2) is 17.1 Å². The zero-order valence-electron chi connectivity index (χ0n) is 11.9. The molecule has 0 fully saturated rings. The minimum Gasteiger partial charge on any atom is -0.319 e. The zero-order chi connectivity index (χ0) is 14.8. The van der Waals surface area contributed by atoms with Crippen LogP contribution in [0.5, 0.6) is 0 Å². The Hall–Kier alpha value is -2.75. The highest BCUT2D eigenvalue weighted by Gasteiger charge is 2.19. The van der Waals surface area contributed by atoms with Crippen LogP contribution in [0, 0.1) is 0 Å². The van der Waals surface area contributed by atoms with Crippen LogP contribution in [0.2, 0.25) is 0 Å². The first-order valence-electron chi connectivity index (χ1n) is 6.77. The predicted octanol–water partition coefficient (Wildman–Crippen LogP) is 3.48. The number of amides is 1. The SMILES string of the molecule is CC=C1C=NC(C(=O)Nc2cccc3cccnc23)=C1C. The largest absolute Gasteiger partial charge is 0.319 e. The number of carbonyl (C=O) groups is 1. The van der Waals surface area contributed by atoms with Gasteiger partial charge in [0.15, 0.2) is 0 Å². The Kier molecular flexibility index (Phi) is 3.36. The Morgan fingerprint density at radius 3 is 2.81 bits per heavy atom. The molecule has 0 saturated carbocycles. The molecule has 0 bridgehead atoms. The molecule has 0 radical (unpaired) electrons. The van der Waals surface area contributed by atoms with E-state index in [0.717, 1.165) is 22.0 Å². The number of nitrogens with zero attached hydrogens (tertiary/aromatic N) is 2. The summed E-state index contributed by atoms with van der Waals surface area (Å²) >= 11 is 0. The van der Waals surface area contributed by atoms with Crippen LogP contribution >= 0.6 is 0 Å². The second-order valence-electron chi connectivity index (χ2n) is 4.81. The number of fused-ring (bicyclic) bond motifs is 1. The maximum atomic E-state index is 12.4. The van der Waals surface area contributed by atoms with Gasteiger partial charge in [-0.05, 0) is 37.1 Å². The summed E-state index contributed by atoms with van der Waals surface area (Å²) in [5.41, 5.74) is 3.80. The molecule has 4 nitrogen and oxygen atoms in total. The van der Waals surface area contributed by atoms with E-state index in [4.69, 9.17) is 0 Å². The van der Waals surface area contributed by atoms with Gasteiger partial charge in [-0.2, -0.15) is 0 Å². The molecule has 104 valence electrons. The first-order valence-corrected chi connectivity index (χ1v) is 6.77. The van der Waals surface area contributed by atoms with E-state index in [1.54, 1.807) is 12.4 Å². The summed E-state index contributed by atoms with van der Waals surface area (Å²) in [7, 11) is 0. The molecule has 1 aromatic heterocycles. The lowest BCUT2D eigenvalue weighted by Gasteiger charge is -2.08. The van der Waals surface area contributed by atoms with E-state index in [0.29, 0.717) is 11.4 Å². The maximum absolute atomic E-state index is 12.4. The predicted molar refractivity (Wildman–Crippen MR) is 85.3 cm³/mol. The van der Waals surface area contributed by atoms with Gasteiger partial charge in [0, 0.05) is 17.8 Å². The summed E-state index contributed by atoms with van der Waals surface area (Å²) in [5.74, 6) is -0.209. The third kappa shape index (κ3) is 2.36. The number of nitrogens with one attached hydrogen (secondary N) is 1. The average Bonchev–Trinajstić information content (AvgIpc) is 2.88. The number of aliphatic imine (C=N–C) groups is 1. The summed E-state index contributed by atoms with van der Waals surface area (Å²) < 4.78 is 0. The number of anilines is 1. The van der Waals surface area contributed by atoms with Crippen molar-refractivity contribution in [2.75, 3.05) is 5.32 Å². The molecule has 21 heavy (non-hydrogen) atoms. The summed E-state index contributed by atoms with van der Waals surface area (Å²) in [6.45, 7) is 3.83. The van der Waals surface area contributed by atoms with Crippen molar-refractivity contribution in [3.05, 3.63) is 59.4 Å². The van der Waals surface area contributed by atoms with E-state index in [-0.39, 0.29) is 5.91 Å². The zero-order valence-corrected chi connectivity index (χ0v) is 11.9. The van der Waals surface area contributed by atoms with Crippen molar-refractivity contribution in [1.29, 1.82) is 0 Å². The van der Waals surface area contributed by atoms with Crippen LogP contribution in [0.3, 0.4) is 0 Å². The molecule has 4 heteroatoms. The molecule has 2 aromatic rings. The molecule has 1 aliphatic rings. The highest BCUT2D eigenvalue weighted by molar-refractivity contribution is 6.11. The third-order valence-corrected chi connectivity index (χ3v) is 3.53. The number of hydrogen-bond donors (Lipinski definition) is 1. The highest BCUT2D eigenvalue weighted by Crippen LogP contribution is 2.24. The monoisotopic (exact) mass is 277 g/mol. The lowest BCUT2D eigenvalue weighted by atomic mass is 10.1. The van der Waals surface area contributed by atoms with Crippen molar-refractivity contribution in [2.24, 2.45) is 4.99 Å². The minimum atomic E-state index is -0.209. The van der Waals surface area contributed by atoms with Gasteiger partial charge in [-0.3, -0.25) is 14.8 Å². The standard InChI is InChI=1S/C17H15N3O/c1-3-12-10-19-15(11(12)2)17(21)20-14-8-4-6-13-7-5-9-18-16(13)14/h3-10H,1-2H3,(H,20,21). The molecule has 1 amide bonds. The second kappa shape index (κ2) is 5.32. The number of para-hydroxylation sites is 1. The van der Waals surface area contributed by atoms with E-state index >= 15 is 0 Å². The fraction of sp³-hybridized carbons (Fsp3) is 0.118. The Morgan fingerprint density at radius 2 is 2.05 bits per heavy atom. The Morgan fingerprint density at radius 1 is 1.24 bits per heavy atom. The number of hydrogen-bond acceptors (Lipinski definition) is 3. The molecule has 1 aromatic carbocycles. The fourth-order valence-electron chi connectivity index (χ4n) is 2.37. The van der Waals surface area contributed by atoms with Crippen molar-refractivity contribution >= 4 is 28.7 Å². The van der Waals surface area contributed by atoms with Crippen LogP contribution in [-0.2, 0) is 4.79 Å². The average molecular weight is 277 g/mol. The maximum Gasteiger partial charge on any atom is 0.274 e. The van der Waals surface area contributed by atoms with Crippen molar-refractivity contribution in [1.82, 2.24) is 4.98 Å². The van der Waals surface area contributed by atoms with E-state index < -0.39 is 0 Å². The van der Waals surface area contributed by atoms with Gasteiger partial charge in [-0.1, -0.05) is 24.3 Å². The Balaban J connectivity index is 1.95. The van der Waals surface area contributed by atoms with Crippen LogP contribution in [0.25, 0.3) is 10.9 Å². The smallest absolute Gasteiger partial charge is 0.274 e. The molecule has 2 heterocycles. The summed E-state index contributed by atoms with van der Waals surface area (Å²) in [6, 6.07) is 9.55.